The lowest BCUT2D eigenvalue weighted by Crippen LogP contribution is -2.48. The molecule has 3 atom stereocenters. The van der Waals surface area contributed by atoms with Crippen LogP contribution in [0, 0.1) is 17.8 Å². The van der Waals surface area contributed by atoms with Gasteiger partial charge in [-0.3, -0.25) is 19.3 Å². The number of likely N-dealkylation sites (tertiary alicyclic amines) is 1. The molecular formula is C24H32N2O3. The van der Waals surface area contributed by atoms with Crippen molar-refractivity contribution in [3.8, 4) is 0 Å². The molecule has 1 saturated heterocycles. The van der Waals surface area contributed by atoms with Gasteiger partial charge in [0.25, 0.3) is 0 Å². The van der Waals surface area contributed by atoms with Crippen molar-refractivity contribution >= 4 is 23.4 Å². The van der Waals surface area contributed by atoms with Crippen LogP contribution in [0.1, 0.15) is 59.4 Å². The molecule has 2 aliphatic rings. The molecule has 5 nitrogen and oxygen atoms in total. The summed E-state index contributed by atoms with van der Waals surface area (Å²) in [7, 11) is 0. The third kappa shape index (κ3) is 4.44. The van der Waals surface area contributed by atoms with Crippen LogP contribution >= 0.6 is 0 Å². The van der Waals surface area contributed by atoms with Gasteiger partial charge in [0.1, 0.15) is 6.04 Å². The molecule has 0 radical (unpaired) electrons. The normalized spacial score (nSPS) is 22.8. The van der Waals surface area contributed by atoms with Crippen molar-refractivity contribution in [3.63, 3.8) is 0 Å². The maximum absolute atomic E-state index is 13.1. The summed E-state index contributed by atoms with van der Waals surface area (Å²) in [6, 6.07) is 6.98. The van der Waals surface area contributed by atoms with Crippen molar-refractivity contribution < 1.29 is 14.4 Å². The highest BCUT2D eigenvalue weighted by molar-refractivity contribution is 6.10. The number of imide groups is 1. The molecule has 3 rings (SSSR count). The van der Waals surface area contributed by atoms with Crippen LogP contribution in [0.25, 0.3) is 0 Å². The molecular weight excluding hydrogens is 364 g/mol. The molecule has 3 amide bonds. The fourth-order valence-corrected chi connectivity index (χ4v) is 4.19. The minimum absolute atomic E-state index is 0.0292. The molecule has 1 aliphatic carbocycles. The summed E-state index contributed by atoms with van der Waals surface area (Å²) in [6.07, 6.45) is 5.54. The molecule has 0 spiro atoms. The van der Waals surface area contributed by atoms with Gasteiger partial charge >= 0.3 is 0 Å². The van der Waals surface area contributed by atoms with E-state index in [4.69, 9.17) is 0 Å². The smallest absolute Gasteiger partial charge is 0.247 e. The number of carbonyl (C=O) groups excluding carboxylic acids is 3. The average molecular weight is 397 g/mol. The molecule has 156 valence electrons. The predicted octanol–water partition coefficient (Wildman–Crippen LogP) is 4.29. The van der Waals surface area contributed by atoms with E-state index in [1.807, 2.05) is 50.3 Å². The van der Waals surface area contributed by atoms with Gasteiger partial charge in [-0.25, -0.2) is 0 Å². The van der Waals surface area contributed by atoms with Gasteiger partial charge in [-0.05, 0) is 48.3 Å². The molecule has 0 bridgehead atoms. The van der Waals surface area contributed by atoms with Crippen LogP contribution in [0.5, 0.6) is 0 Å². The Kier molecular flexibility index (Phi) is 5.97. The van der Waals surface area contributed by atoms with E-state index in [2.05, 4.69) is 26.1 Å². The van der Waals surface area contributed by atoms with E-state index < -0.39 is 6.04 Å². The minimum atomic E-state index is -0.775. The van der Waals surface area contributed by atoms with Gasteiger partial charge in [-0.2, -0.15) is 0 Å². The Morgan fingerprint density at radius 2 is 1.55 bits per heavy atom. The quantitative estimate of drug-likeness (QED) is 0.596. The van der Waals surface area contributed by atoms with Crippen molar-refractivity contribution in [1.82, 2.24) is 4.90 Å². The first-order chi connectivity index (χ1) is 13.6. The number of nitrogens with zero attached hydrogens (tertiary/aromatic N) is 1. The van der Waals surface area contributed by atoms with Gasteiger partial charge in [-0.1, -0.05) is 58.9 Å². The summed E-state index contributed by atoms with van der Waals surface area (Å²) >= 11 is 0. The number of carbonyl (C=O) groups is 3. The summed E-state index contributed by atoms with van der Waals surface area (Å²) in [6.45, 7) is 10.4. The van der Waals surface area contributed by atoms with Crippen molar-refractivity contribution in [3.05, 3.63) is 42.0 Å². The molecule has 0 saturated carbocycles. The van der Waals surface area contributed by atoms with E-state index in [9.17, 15) is 14.4 Å². The molecule has 1 aromatic carbocycles. The molecule has 1 aromatic rings. The molecule has 1 fully saturated rings. The Morgan fingerprint density at radius 1 is 1.03 bits per heavy atom. The van der Waals surface area contributed by atoms with Crippen molar-refractivity contribution in [2.75, 3.05) is 5.32 Å². The number of fused-ring (bicyclic) bond motifs is 1. The van der Waals surface area contributed by atoms with Crippen LogP contribution in [-0.4, -0.2) is 28.7 Å². The van der Waals surface area contributed by atoms with Gasteiger partial charge in [0.15, 0.2) is 0 Å². The highest BCUT2D eigenvalue weighted by Gasteiger charge is 2.51. The number of anilines is 1. The van der Waals surface area contributed by atoms with E-state index in [1.54, 1.807) is 0 Å². The van der Waals surface area contributed by atoms with Crippen LogP contribution in [0.15, 0.2) is 36.4 Å². The van der Waals surface area contributed by atoms with Gasteiger partial charge in [0.2, 0.25) is 17.7 Å². The van der Waals surface area contributed by atoms with E-state index in [-0.39, 0.29) is 40.9 Å². The molecule has 3 unspecified atom stereocenters. The van der Waals surface area contributed by atoms with Crippen molar-refractivity contribution in [2.45, 2.75) is 65.3 Å². The Morgan fingerprint density at radius 3 is 2.00 bits per heavy atom. The first kappa shape index (κ1) is 21.3. The number of allylic oxidation sites excluding steroid dienone is 2. The number of benzene rings is 1. The maximum atomic E-state index is 13.1. The largest absolute Gasteiger partial charge is 0.324 e. The summed E-state index contributed by atoms with van der Waals surface area (Å²) in [4.78, 5) is 40.3. The second kappa shape index (κ2) is 8.13. The number of hydrogen-bond acceptors (Lipinski definition) is 3. The third-order valence-electron chi connectivity index (χ3n) is 5.87. The highest BCUT2D eigenvalue weighted by Crippen LogP contribution is 2.37. The number of hydrogen-bond donors (Lipinski definition) is 1. The van der Waals surface area contributed by atoms with Crippen LogP contribution in [0.4, 0.5) is 5.69 Å². The van der Waals surface area contributed by atoms with E-state index in [0.29, 0.717) is 24.9 Å². The lowest BCUT2D eigenvalue weighted by atomic mass is 9.85. The van der Waals surface area contributed by atoms with Crippen LogP contribution in [0.3, 0.4) is 0 Å². The zero-order chi connectivity index (χ0) is 21.3. The maximum Gasteiger partial charge on any atom is 0.247 e. The first-order valence-electron chi connectivity index (χ1n) is 10.5. The molecule has 1 aliphatic heterocycles. The summed E-state index contributed by atoms with van der Waals surface area (Å²) in [5.41, 5.74) is 1.88. The zero-order valence-corrected chi connectivity index (χ0v) is 18.1. The SMILES string of the molecule is CC(C)CC(C(=O)Nc1ccc(C(C)(C)C)cc1)N1C(=O)C2CC=CCC2C1=O. The van der Waals surface area contributed by atoms with Gasteiger partial charge < -0.3 is 5.32 Å². The number of rotatable bonds is 5. The fourth-order valence-electron chi connectivity index (χ4n) is 4.19. The van der Waals surface area contributed by atoms with E-state index in [1.165, 1.54) is 10.5 Å². The molecule has 29 heavy (non-hydrogen) atoms. The monoisotopic (exact) mass is 396 g/mol. The second-order valence-electron chi connectivity index (χ2n) is 9.66. The van der Waals surface area contributed by atoms with Crippen LogP contribution < -0.4 is 5.32 Å². The summed E-state index contributed by atoms with van der Waals surface area (Å²) in [5.74, 6) is -1.16. The van der Waals surface area contributed by atoms with Crippen molar-refractivity contribution in [2.24, 2.45) is 17.8 Å². The summed E-state index contributed by atoms with van der Waals surface area (Å²) < 4.78 is 0. The average Bonchev–Trinajstić information content (AvgIpc) is 2.90. The van der Waals surface area contributed by atoms with Gasteiger partial charge in [-0.15, -0.1) is 0 Å². The molecule has 1 N–H and O–H groups in total. The second-order valence-corrected chi connectivity index (χ2v) is 9.66. The minimum Gasteiger partial charge on any atom is -0.324 e. The van der Waals surface area contributed by atoms with Crippen LogP contribution in [-0.2, 0) is 19.8 Å². The van der Waals surface area contributed by atoms with Gasteiger partial charge in [0.05, 0.1) is 11.8 Å². The van der Waals surface area contributed by atoms with Crippen LogP contribution in [0.2, 0.25) is 0 Å². The Bertz CT molecular complexity index is 792. The molecule has 5 heteroatoms. The number of nitrogens with one attached hydrogen (secondary N) is 1. The predicted molar refractivity (Wildman–Crippen MR) is 114 cm³/mol. The Hall–Kier alpha value is -2.43. The molecule has 0 aromatic heterocycles. The topological polar surface area (TPSA) is 66.5 Å². The fraction of sp³-hybridized carbons (Fsp3) is 0.542. The van der Waals surface area contributed by atoms with Gasteiger partial charge in [0, 0.05) is 5.69 Å². The summed E-state index contributed by atoms with van der Waals surface area (Å²) in [5, 5.41) is 2.92. The molecule has 1 heterocycles. The van der Waals surface area contributed by atoms with Crippen molar-refractivity contribution in [1.29, 1.82) is 0 Å². The first-order valence-corrected chi connectivity index (χ1v) is 10.5. The highest BCUT2D eigenvalue weighted by atomic mass is 16.2. The Balaban J connectivity index is 1.81. The lowest BCUT2D eigenvalue weighted by Gasteiger charge is -2.27. The van der Waals surface area contributed by atoms with E-state index in [0.717, 1.165) is 0 Å². The third-order valence-corrected chi connectivity index (χ3v) is 5.87. The zero-order valence-electron chi connectivity index (χ0n) is 18.1. The van der Waals surface area contributed by atoms with E-state index >= 15 is 0 Å². The number of amides is 3. The Labute approximate surface area is 173 Å². The lowest BCUT2D eigenvalue weighted by molar-refractivity contribution is -0.147. The standard InChI is InChI=1S/C24H32N2O3/c1-15(2)14-20(26-22(28)18-8-6-7-9-19(18)23(26)29)21(27)25-17-12-10-16(11-13-17)24(3,4)5/h6-7,10-13,15,18-20H,8-9,14H2,1-5H3,(H,25,27).